The quantitative estimate of drug-likeness (QED) is 0.628. The minimum atomic E-state index is -2.46. The van der Waals surface area contributed by atoms with E-state index < -0.39 is 5.92 Å². The molecule has 0 saturated heterocycles. The zero-order valence-corrected chi connectivity index (χ0v) is 6.82. The smallest absolute Gasteiger partial charge is 0.248 e. The molecule has 0 amide bonds. The summed E-state index contributed by atoms with van der Waals surface area (Å²) >= 11 is 0. The van der Waals surface area contributed by atoms with Crippen LogP contribution in [0.2, 0.25) is 0 Å². The summed E-state index contributed by atoms with van der Waals surface area (Å²) in [7, 11) is 0. The van der Waals surface area contributed by atoms with Gasteiger partial charge in [-0.05, 0) is 24.8 Å². The zero-order chi connectivity index (χ0) is 8.48. The zero-order valence-electron chi connectivity index (χ0n) is 6.82. The fourth-order valence-corrected chi connectivity index (χ4v) is 1.93. The third-order valence-corrected chi connectivity index (χ3v) is 2.30. The second-order valence-corrected chi connectivity index (χ2v) is 3.71. The lowest BCUT2D eigenvalue weighted by Crippen LogP contribution is -2.34. The van der Waals surface area contributed by atoms with Crippen molar-refractivity contribution in [1.82, 2.24) is 0 Å². The number of nitrogens with two attached hydrogens (primary N) is 1. The van der Waals surface area contributed by atoms with Crippen molar-refractivity contribution in [3.8, 4) is 0 Å². The Kier molecular flexibility index (Phi) is 2.47. The molecule has 1 nitrogen and oxygen atoms in total. The van der Waals surface area contributed by atoms with E-state index in [0.29, 0.717) is 6.54 Å². The van der Waals surface area contributed by atoms with E-state index in [1.54, 1.807) is 0 Å². The fraction of sp³-hybridized carbons (Fsp3) is 1.00. The van der Waals surface area contributed by atoms with Gasteiger partial charge in [-0.1, -0.05) is 6.92 Å². The largest absolute Gasteiger partial charge is 0.330 e. The SMILES string of the molecule is C[C@@H]1C[C@H](CN)CC(F)(F)C1. The van der Waals surface area contributed by atoms with Gasteiger partial charge < -0.3 is 5.73 Å². The lowest BCUT2D eigenvalue weighted by atomic mass is 9.80. The van der Waals surface area contributed by atoms with Gasteiger partial charge >= 0.3 is 0 Å². The standard InChI is InChI=1S/C8H15F2N/c1-6-2-7(5-11)4-8(9,10)3-6/h6-7H,2-5,11H2,1H3/t6-,7+/m1/s1. The van der Waals surface area contributed by atoms with E-state index in [-0.39, 0.29) is 24.7 Å². The highest BCUT2D eigenvalue weighted by molar-refractivity contribution is 4.82. The first-order valence-electron chi connectivity index (χ1n) is 4.11. The maximum Gasteiger partial charge on any atom is 0.248 e. The predicted octanol–water partition coefficient (Wildman–Crippen LogP) is 2.02. The highest BCUT2D eigenvalue weighted by atomic mass is 19.3. The molecule has 1 aliphatic rings. The molecule has 1 fully saturated rings. The summed E-state index contributed by atoms with van der Waals surface area (Å²) in [5, 5.41) is 0. The molecule has 3 heteroatoms. The van der Waals surface area contributed by atoms with Crippen molar-refractivity contribution < 1.29 is 8.78 Å². The molecule has 2 atom stereocenters. The van der Waals surface area contributed by atoms with E-state index in [9.17, 15) is 8.78 Å². The topological polar surface area (TPSA) is 26.0 Å². The van der Waals surface area contributed by atoms with Gasteiger partial charge in [0.15, 0.2) is 0 Å². The minimum absolute atomic E-state index is 0.00611. The average molecular weight is 163 g/mol. The van der Waals surface area contributed by atoms with Crippen LogP contribution in [0.5, 0.6) is 0 Å². The van der Waals surface area contributed by atoms with Gasteiger partial charge in [-0.2, -0.15) is 0 Å². The normalized spacial score (nSPS) is 37.1. The van der Waals surface area contributed by atoms with Crippen LogP contribution in [0.4, 0.5) is 8.78 Å². The second-order valence-electron chi connectivity index (χ2n) is 3.71. The first-order valence-corrected chi connectivity index (χ1v) is 4.11. The van der Waals surface area contributed by atoms with Crippen molar-refractivity contribution >= 4 is 0 Å². The van der Waals surface area contributed by atoms with Crippen molar-refractivity contribution in [3.63, 3.8) is 0 Å². The van der Waals surface area contributed by atoms with Crippen LogP contribution in [0.1, 0.15) is 26.2 Å². The number of halogens is 2. The molecule has 1 rings (SSSR count). The Morgan fingerprint density at radius 1 is 1.45 bits per heavy atom. The van der Waals surface area contributed by atoms with Crippen molar-refractivity contribution in [1.29, 1.82) is 0 Å². The third kappa shape index (κ3) is 2.40. The van der Waals surface area contributed by atoms with E-state index in [2.05, 4.69) is 0 Å². The molecule has 0 bridgehead atoms. The van der Waals surface area contributed by atoms with Gasteiger partial charge in [0.05, 0.1) is 0 Å². The maximum atomic E-state index is 12.8. The highest BCUT2D eigenvalue weighted by Gasteiger charge is 2.38. The predicted molar refractivity (Wildman–Crippen MR) is 40.5 cm³/mol. The molecule has 1 aliphatic carbocycles. The molecule has 0 aliphatic heterocycles. The van der Waals surface area contributed by atoms with Gasteiger partial charge in [0.1, 0.15) is 0 Å². The first kappa shape index (κ1) is 8.91. The molecule has 0 spiro atoms. The van der Waals surface area contributed by atoms with Crippen LogP contribution in [0.15, 0.2) is 0 Å². The molecule has 1 saturated carbocycles. The third-order valence-electron chi connectivity index (χ3n) is 2.30. The van der Waals surface area contributed by atoms with Gasteiger partial charge in [0, 0.05) is 12.8 Å². The maximum absolute atomic E-state index is 12.8. The van der Waals surface area contributed by atoms with Crippen molar-refractivity contribution in [2.24, 2.45) is 17.6 Å². The van der Waals surface area contributed by atoms with Crippen LogP contribution < -0.4 is 5.73 Å². The Balaban J connectivity index is 2.51. The molecule has 66 valence electrons. The fourth-order valence-electron chi connectivity index (χ4n) is 1.93. The highest BCUT2D eigenvalue weighted by Crippen LogP contribution is 2.39. The van der Waals surface area contributed by atoms with Crippen LogP contribution in [-0.4, -0.2) is 12.5 Å². The molecule has 0 aromatic heterocycles. The van der Waals surface area contributed by atoms with E-state index in [4.69, 9.17) is 5.73 Å². The van der Waals surface area contributed by atoms with Crippen LogP contribution in [0.25, 0.3) is 0 Å². The van der Waals surface area contributed by atoms with Crippen LogP contribution in [0.3, 0.4) is 0 Å². The molecule has 0 aromatic carbocycles. The molecular weight excluding hydrogens is 148 g/mol. The minimum Gasteiger partial charge on any atom is -0.330 e. The van der Waals surface area contributed by atoms with Crippen molar-refractivity contribution in [3.05, 3.63) is 0 Å². The molecule has 11 heavy (non-hydrogen) atoms. The monoisotopic (exact) mass is 163 g/mol. The number of rotatable bonds is 1. The molecular formula is C8H15F2N. The van der Waals surface area contributed by atoms with Gasteiger partial charge in [-0.25, -0.2) is 8.78 Å². The Bertz CT molecular complexity index is 136. The van der Waals surface area contributed by atoms with Gasteiger partial charge in [-0.15, -0.1) is 0 Å². The Morgan fingerprint density at radius 3 is 2.55 bits per heavy atom. The molecule has 0 unspecified atom stereocenters. The van der Waals surface area contributed by atoms with Crippen molar-refractivity contribution in [2.75, 3.05) is 6.54 Å². The first-order chi connectivity index (χ1) is 5.03. The van der Waals surface area contributed by atoms with Crippen LogP contribution >= 0.6 is 0 Å². The molecule has 2 N–H and O–H groups in total. The summed E-state index contributed by atoms with van der Waals surface area (Å²) in [6.07, 6.45) is 0.906. The Hall–Kier alpha value is -0.180. The van der Waals surface area contributed by atoms with Gasteiger partial charge in [-0.3, -0.25) is 0 Å². The van der Waals surface area contributed by atoms with E-state index in [0.717, 1.165) is 6.42 Å². The second kappa shape index (κ2) is 3.05. The lowest BCUT2D eigenvalue weighted by molar-refractivity contribution is -0.0676. The summed E-state index contributed by atoms with van der Waals surface area (Å²) in [5.74, 6) is -2.29. The summed E-state index contributed by atoms with van der Waals surface area (Å²) in [6.45, 7) is 2.27. The molecule has 0 aromatic rings. The lowest BCUT2D eigenvalue weighted by Gasteiger charge is -2.32. The van der Waals surface area contributed by atoms with E-state index in [1.807, 2.05) is 6.92 Å². The summed E-state index contributed by atoms with van der Waals surface area (Å²) in [5.41, 5.74) is 5.35. The molecule has 0 radical (unpaired) electrons. The summed E-state index contributed by atoms with van der Waals surface area (Å²) in [4.78, 5) is 0. The van der Waals surface area contributed by atoms with Gasteiger partial charge in [0.2, 0.25) is 5.92 Å². The summed E-state index contributed by atoms with van der Waals surface area (Å²) < 4.78 is 25.7. The van der Waals surface area contributed by atoms with Crippen LogP contribution in [0, 0.1) is 11.8 Å². The Morgan fingerprint density at radius 2 is 2.09 bits per heavy atom. The van der Waals surface area contributed by atoms with Crippen molar-refractivity contribution in [2.45, 2.75) is 32.1 Å². The van der Waals surface area contributed by atoms with Crippen LogP contribution in [-0.2, 0) is 0 Å². The Labute approximate surface area is 66.0 Å². The van der Waals surface area contributed by atoms with E-state index >= 15 is 0 Å². The number of hydrogen-bond acceptors (Lipinski definition) is 1. The molecule has 0 heterocycles. The van der Waals surface area contributed by atoms with Gasteiger partial charge in [0.25, 0.3) is 0 Å². The number of hydrogen-bond donors (Lipinski definition) is 1. The average Bonchev–Trinajstić information content (AvgIpc) is 1.83. The van der Waals surface area contributed by atoms with E-state index in [1.165, 1.54) is 0 Å². The number of alkyl halides is 2. The summed E-state index contributed by atoms with van der Waals surface area (Å²) in [6, 6.07) is 0.